The van der Waals surface area contributed by atoms with Gasteiger partial charge in [0, 0.05) is 0 Å². The summed E-state index contributed by atoms with van der Waals surface area (Å²) >= 11 is 0.787. The number of nitrogens with one attached hydrogen (secondary N) is 1. The van der Waals surface area contributed by atoms with Crippen molar-refractivity contribution >= 4 is 35.5 Å². The van der Waals surface area contributed by atoms with Crippen molar-refractivity contribution in [3.63, 3.8) is 0 Å². The molecule has 8 heteroatoms. The third kappa shape index (κ3) is 1.98. The minimum atomic E-state index is -0.963. The largest absolute Gasteiger partial charge is 0.491 e. The molecule has 3 rings (SSSR count). The van der Waals surface area contributed by atoms with E-state index in [1.165, 1.54) is 0 Å². The molecule has 1 aromatic rings. The smallest absolute Gasteiger partial charge is 0.469 e. The van der Waals surface area contributed by atoms with Gasteiger partial charge in [-0.2, -0.15) is 0 Å². The molecule has 1 atom stereocenters. The number of carbonyl (C=O) groups excluding carboxylic acids is 2. The predicted molar refractivity (Wildman–Crippen MR) is 64.4 cm³/mol. The summed E-state index contributed by atoms with van der Waals surface area (Å²) in [5, 5.41) is 11.3. The zero-order valence-electron chi connectivity index (χ0n) is 9.08. The fourth-order valence-corrected chi connectivity index (χ4v) is 2.49. The van der Waals surface area contributed by atoms with Gasteiger partial charge >= 0.3 is 7.12 Å². The number of imide groups is 1. The zero-order valence-corrected chi connectivity index (χ0v) is 9.90. The Balaban J connectivity index is 1.80. The molecule has 0 radical (unpaired) electrons. The quantitative estimate of drug-likeness (QED) is 0.707. The van der Waals surface area contributed by atoms with Gasteiger partial charge in [-0.3, -0.25) is 14.9 Å². The average Bonchev–Trinajstić information content (AvgIpc) is 2.84. The molecule has 0 spiro atoms. The van der Waals surface area contributed by atoms with Crippen LogP contribution in [0.5, 0.6) is 5.75 Å². The van der Waals surface area contributed by atoms with Crippen molar-refractivity contribution in [2.45, 2.75) is 12.0 Å². The third-order valence-corrected chi connectivity index (χ3v) is 3.52. The van der Waals surface area contributed by atoms with Crippen molar-refractivity contribution in [2.24, 2.45) is 0 Å². The van der Waals surface area contributed by atoms with Crippen LogP contribution < -0.4 is 15.5 Å². The Morgan fingerprint density at radius 2 is 2.33 bits per heavy atom. The monoisotopic (exact) mass is 265 g/mol. The Morgan fingerprint density at radius 1 is 1.50 bits per heavy atom. The first-order valence-electron chi connectivity index (χ1n) is 5.24. The summed E-state index contributed by atoms with van der Waals surface area (Å²) in [6.45, 7) is 0.355. The van der Waals surface area contributed by atoms with Crippen molar-refractivity contribution in [1.82, 2.24) is 5.32 Å². The second-order valence-electron chi connectivity index (χ2n) is 3.87. The summed E-state index contributed by atoms with van der Waals surface area (Å²) in [7, 11) is -0.963. The van der Waals surface area contributed by atoms with Crippen molar-refractivity contribution < 1.29 is 24.0 Å². The van der Waals surface area contributed by atoms with E-state index in [9.17, 15) is 14.6 Å². The first-order valence-corrected chi connectivity index (χ1v) is 6.12. The van der Waals surface area contributed by atoms with E-state index < -0.39 is 23.7 Å². The number of benzene rings is 1. The molecular formula is C10H8BNO5S. The van der Waals surface area contributed by atoms with E-state index >= 15 is 0 Å². The minimum absolute atomic E-state index is 0.355. The molecule has 2 heterocycles. The molecule has 1 aromatic carbocycles. The van der Waals surface area contributed by atoms with E-state index in [4.69, 9.17) is 9.39 Å². The van der Waals surface area contributed by atoms with Gasteiger partial charge in [-0.15, -0.1) is 0 Å². The fraction of sp³-hybridized carbons (Fsp3) is 0.200. The van der Waals surface area contributed by atoms with Crippen molar-refractivity contribution in [3.05, 3.63) is 23.8 Å². The van der Waals surface area contributed by atoms with Crippen molar-refractivity contribution in [2.75, 3.05) is 0 Å². The number of carbonyl (C=O) groups is 2. The van der Waals surface area contributed by atoms with Gasteiger partial charge in [-0.1, -0.05) is 6.07 Å². The highest BCUT2D eigenvalue weighted by Crippen LogP contribution is 2.24. The highest BCUT2D eigenvalue weighted by molar-refractivity contribution is 8.15. The van der Waals surface area contributed by atoms with Gasteiger partial charge in [0.2, 0.25) is 5.44 Å². The molecule has 1 saturated heterocycles. The van der Waals surface area contributed by atoms with Crippen molar-refractivity contribution in [1.29, 1.82) is 0 Å². The third-order valence-electron chi connectivity index (χ3n) is 2.68. The molecule has 2 amide bonds. The van der Waals surface area contributed by atoms with Crippen LogP contribution in [0.1, 0.15) is 5.56 Å². The van der Waals surface area contributed by atoms with Gasteiger partial charge < -0.3 is 14.4 Å². The molecule has 0 aliphatic carbocycles. The summed E-state index contributed by atoms with van der Waals surface area (Å²) in [5.74, 6) is -0.0528. The molecule has 6 nitrogen and oxygen atoms in total. The summed E-state index contributed by atoms with van der Waals surface area (Å²) in [5.41, 5.74) is 0.631. The second-order valence-corrected chi connectivity index (χ2v) is 4.90. The lowest BCUT2D eigenvalue weighted by atomic mass is 9.79. The van der Waals surface area contributed by atoms with E-state index in [-0.39, 0.29) is 0 Å². The molecule has 0 saturated carbocycles. The van der Waals surface area contributed by atoms with Gasteiger partial charge in [0.25, 0.3) is 11.1 Å². The standard InChI is InChI=1S/C10H8BNO5S/c13-8-9(18-10(14)12-8)17-6-2-1-5-4-16-11(15)7(5)3-6/h1-3,9,15H,4H2,(H,12,13,14). The zero-order chi connectivity index (χ0) is 12.7. The molecule has 92 valence electrons. The molecule has 2 N–H and O–H groups in total. The number of fused-ring (bicyclic) bond motifs is 1. The van der Waals surface area contributed by atoms with E-state index in [0.717, 1.165) is 17.3 Å². The Labute approximate surface area is 107 Å². The molecule has 2 aliphatic heterocycles. The van der Waals surface area contributed by atoms with Crippen LogP contribution in [-0.4, -0.2) is 28.7 Å². The first-order chi connectivity index (χ1) is 8.63. The maximum absolute atomic E-state index is 11.3. The lowest BCUT2D eigenvalue weighted by Gasteiger charge is -2.10. The molecule has 1 fully saturated rings. The Morgan fingerprint density at radius 3 is 3.06 bits per heavy atom. The number of thioether (sulfide) groups is 1. The van der Waals surface area contributed by atoms with Crippen LogP contribution in [0.15, 0.2) is 18.2 Å². The fourth-order valence-electron chi connectivity index (χ4n) is 1.81. The van der Waals surface area contributed by atoms with Gasteiger partial charge in [-0.05, 0) is 34.9 Å². The Hall–Kier alpha value is -1.51. The van der Waals surface area contributed by atoms with Gasteiger partial charge in [-0.25, -0.2) is 0 Å². The minimum Gasteiger partial charge on any atom is -0.469 e. The van der Waals surface area contributed by atoms with Gasteiger partial charge in [0.1, 0.15) is 5.75 Å². The maximum atomic E-state index is 11.3. The summed E-state index contributed by atoms with van der Waals surface area (Å²) in [6.07, 6.45) is 0. The topological polar surface area (TPSA) is 84.9 Å². The second kappa shape index (κ2) is 4.31. The molecular weight excluding hydrogens is 257 g/mol. The number of hydrogen-bond donors (Lipinski definition) is 2. The lowest BCUT2D eigenvalue weighted by molar-refractivity contribution is -0.122. The van der Waals surface area contributed by atoms with Crippen LogP contribution in [-0.2, 0) is 16.1 Å². The molecule has 1 unspecified atom stereocenters. The van der Waals surface area contributed by atoms with Gasteiger partial charge in [0.05, 0.1) is 6.61 Å². The summed E-state index contributed by atoms with van der Waals surface area (Å²) < 4.78 is 10.4. The van der Waals surface area contributed by atoms with Crippen LogP contribution in [0.25, 0.3) is 0 Å². The van der Waals surface area contributed by atoms with Gasteiger partial charge in [0.15, 0.2) is 0 Å². The molecule has 0 bridgehead atoms. The average molecular weight is 265 g/mol. The van der Waals surface area contributed by atoms with E-state index in [0.29, 0.717) is 17.8 Å². The highest BCUT2D eigenvalue weighted by atomic mass is 32.2. The van der Waals surface area contributed by atoms with E-state index in [2.05, 4.69) is 5.32 Å². The number of rotatable bonds is 2. The highest BCUT2D eigenvalue weighted by Gasteiger charge is 2.34. The Bertz CT molecular complexity index is 537. The van der Waals surface area contributed by atoms with Crippen LogP contribution >= 0.6 is 11.8 Å². The lowest BCUT2D eigenvalue weighted by Crippen LogP contribution is -2.30. The maximum Gasteiger partial charge on any atom is 0.491 e. The first kappa shape index (κ1) is 11.6. The summed E-state index contributed by atoms with van der Waals surface area (Å²) in [4.78, 5) is 22.3. The number of hydrogen-bond acceptors (Lipinski definition) is 6. The van der Waals surface area contributed by atoms with Crippen LogP contribution in [0.2, 0.25) is 0 Å². The van der Waals surface area contributed by atoms with Crippen LogP contribution in [0.3, 0.4) is 0 Å². The normalized spacial score (nSPS) is 22.1. The Kier molecular flexibility index (Phi) is 2.77. The molecule has 0 aromatic heterocycles. The van der Waals surface area contributed by atoms with Crippen LogP contribution in [0.4, 0.5) is 4.79 Å². The predicted octanol–water partition coefficient (Wildman–Crippen LogP) is -0.408. The molecule has 2 aliphatic rings. The number of ether oxygens (including phenoxy) is 1. The number of amides is 2. The molecule has 18 heavy (non-hydrogen) atoms. The summed E-state index contributed by atoms with van der Waals surface area (Å²) in [6, 6.07) is 5.06. The van der Waals surface area contributed by atoms with Crippen LogP contribution in [0, 0.1) is 0 Å². The SMILES string of the molecule is O=C1NC(=O)C(Oc2ccc3c(c2)B(O)OC3)S1. The van der Waals surface area contributed by atoms with E-state index in [1.54, 1.807) is 18.2 Å². The van der Waals surface area contributed by atoms with Crippen molar-refractivity contribution in [3.8, 4) is 5.75 Å². The van der Waals surface area contributed by atoms with E-state index in [1.807, 2.05) is 0 Å².